The number of amides is 1. The van der Waals surface area contributed by atoms with Crippen LogP contribution in [0.1, 0.15) is 47.4 Å². The number of nitrogens with one attached hydrogen (secondary N) is 3. The summed E-state index contributed by atoms with van der Waals surface area (Å²) in [5, 5.41) is 3.60. The molecule has 5 rings (SSSR count). The summed E-state index contributed by atoms with van der Waals surface area (Å²) in [6, 6.07) is 5.21. The minimum atomic E-state index is -0.322. The van der Waals surface area contributed by atoms with Gasteiger partial charge in [-0.2, -0.15) is 0 Å². The van der Waals surface area contributed by atoms with Gasteiger partial charge in [0.1, 0.15) is 11.5 Å². The van der Waals surface area contributed by atoms with E-state index in [1.165, 1.54) is 6.07 Å². The van der Waals surface area contributed by atoms with E-state index in [9.17, 15) is 14.0 Å². The van der Waals surface area contributed by atoms with Crippen LogP contribution in [0.5, 0.6) is 0 Å². The summed E-state index contributed by atoms with van der Waals surface area (Å²) >= 11 is 0. The second kappa shape index (κ2) is 7.43. The van der Waals surface area contributed by atoms with Crippen molar-refractivity contribution in [1.82, 2.24) is 24.8 Å². The molecular weight excluding hydrogens is 385 g/mol. The maximum absolute atomic E-state index is 14.1. The van der Waals surface area contributed by atoms with Gasteiger partial charge in [0.05, 0.1) is 11.2 Å². The zero-order valence-electron chi connectivity index (χ0n) is 17.0. The molecule has 0 spiro atoms. The third-order valence-electron chi connectivity index (χ3n) is 6.62. The number of nitrogens with zero attached hydrogens (tertiary/aromatic N) is 2. The number of aromatic nitrogens is 3. The number of rotatable bonds is 3. The average molecular weight is 411 g/mol. The number of hydrogen-bond donors (Lipinski definition) is 3. The molecule has 0 unspecified atom stereocenters. The van der Waals surface area contributed by atoms with Crippen molar-refractivity contribution in [2.24, 2.45) is 0 Å². The summed E-state index contributed by atoms with van der Waals surface area (Å²) in [7, 11) is 0. The number of aromatic amines is 2. The Morgan fingerprint density at radius 2 is 2.13 bits per heavy atom. The van der Waals surface area contributed by atoms with Crippen LogP contribution in [0.4, 0.5) is 4.39 Å². The van der Waals surface area contributed by atoms with Gasteiger partial charge in [0.15, 0.2) is 0 Å². The first kappa shape index (κ1) is 19.1. The van der Waals surface area contributed by atoms with Crippen molar-refractivity contribution < 1.29 is 9.18 Å². The van der Waals surface area contributed by atoms with Crippen LogP contribution in [0.3, 0.4) is 0 Å². The molecule has 30 heavy (non-hydrogen) atoms. The molecule has 1 amide bonds. The van der Waals surface area contributed by atoms with Gasteiger partial charge in [0.25, 0.3) is 5.91 Å². The van der Waals surface area contributed by atoms with Gasteiger partial charge >= 0.3 is 5.69 Å². The van der Waals surface area contributed by atoms with Crippen LogP contribution in [0, 0.1) is 12.7 Å². The lowest BCUT2D eigenvalue weighted by atomic mass is 9.89. The largest absolute Gasteiger partial charge is 0.350 e. The maximum atomic E-state index is 14.1. The van der Waals surface area contributed by atoms with Crippen molar-refractivity contribution in [1.29, 1.82) is 0 Å². The molecule has 2 aliphatic rings. The highest BCUT2D eigenvalue weighted by atomic mass is 19.1. The van der Waals surface area contributed by atoms with Gasteiger partial charge < -0.3 is 15.3 Å². The Morgan fingerprint density at radius 3 is 2.97 bits per heavy atom. The number of H-pyrrole nitrogens is 2. The Bertz CT molecular complexity index is 1120. The van der Waals surface area contributed by atoms with Crippen molar-refractivity contribution in [3.63, 3.8) is 0 Å². The number of carbonyl (C=O) groups excluding carboxylic acids is 1. The van der Waals surface area contributed by atoms with Gasteiger partial charge in [0, 0.05) is 43.3 Å². The molecule has 0 saturated heterocycles. The van der Waals surface area contributed by atoms with Crippen LogP contribution in [0.15, 0.2) is 29.2 Å². The van der Waals surface area contributed by atoms with Crippen LogP contribution in [-0.4, -0.2) is 44.0 Å². The number of benzene rings is 1. The molecule has 3 aromatic rings. The Labute approximate surface area is 173 Å². The van der Waals surface area contributed by atoms with Crippen LogP contribution >= 0.6 is 0 Å². The fourth-order valence-electron chi connectivity index (χ4n) is 4.97. The van der Waals surface area contributed by atoms with Crippen molar-refractivity contribution >= 4 is 16.8 Å². The van der Waals surface area contributed by atoms with Gasteiger partial charge in [-0.1, -0.05) is 6.07 Å². The first-order valence-electron chi connectivity index (χ1n) is 10.6. The van der Waals surface area contributed by atoms with E-state index in [0.717, 1.165) is 50.0 Å². The van der Waals surface area contributed by atoms with E-state index in [2.05, 4.69) is 20.2 Å². The molecule has 1 aromatic carbocycles. The number of fused-ring (bicyclic) bond motifs is 2. The molecule has 158 valence electrons. The Morgan fingerprint density at radius 1 is 1.27 bits per heavy atom. The quantitative estimate of drug-likeness (QED) is 0.619. The van der Waals surface area contributed by atoms with E-state index in [1.54, 1.807) is 22.9 Å². The van der Waals surface area contributed by atoms with Crippen molar-refractivity contribution in [2.45, 2.75) is 57.8 Å². The topological polar surface area (TPSA) is 85.9 Å². The van der Waals surface area contributed by atoms with Gasteiger partial charge in [-0.05, 0) is 50.3 Å². The van der Waals surface area contributed by atoms with Crippen molar-refractivity contribution in [2.75, 3.05) is 6.54 Å². The molecule has 1 saturated carbocycles. The molecular formula is C22H26FN5O2. The van der Waals surface area contributed by atoms with Crippen LogP contribution < -0.4 is 11.0 Å². The SMILES string of the molecule is Cc1ccc(F)c2cc(C(=O)N[C@@H]3CCC[C@H](N4CCn5c(c[nH]c5=O)C4)C3)[nH]c12. The normalized spacial score (nSPS) is 22.2. The highest BCUT2D eigenvalue weighted by Crippen LogP contribution is 2.27. The lowest BCUT2D eigenvalue weighted by molar-refractivity contribution is 0.0853. The summed E-state index contributed by atoms with van der Waals surface area (Å²) in [6.07, 6.45) is 5.77. The van der Waals surface area contributed by atoms with Gasteiger partial charge in [-0.3, -0.25) is 14.3 Å². The summed E-state index contributed by atoms with van der Waals surface area (Å²) < 4.78 is 15.9. The number of aryl methyl sites for hydroxylation is 1. The highest BCUT2D eigenvalue weighted by Gasteiger charge is 2.30. The smallest absolute Gasteiger partial charge is 0.325 e. The zero-order valence-corrected chi connectivity index (χ0v) is 17.0. The van der Waals surface area contributed by atoms with Gasteiger partial charge in [-0.25, -0.2) is 9.18 Å². The summed E-state index contributed by atoms with van der Waals surface area (Å²) in [5.41, 5.74) is 2.97. The minimum absolute atomic E-state index is 0.0385. The lowest BCUT2D eigenvalue weighted by Gasteiger charge is -2.39. The Kier molecular flexibility index (Phi) is 4.73. The third kappa shape index (κ3) is 3.35. The number of hydrogen-bond acceptors (Lipinski definition) is 3. The number of halogens is 1. The predicted octanol–water partition coefficient (Wildman–Crippen LogP) is 2.66. The minimum Gasteiger partial charge on any atom is -0.350 e. The second-order valence-corrected chi connectivity index (χ2v) is 8.53. The van der Waals surface area contributed by atoms with Crippen LogP contribution in [0.25, 0.3) is 10.9 Å². The summed E-state index contributed by atoms with van der Waals surface area (Å²) in [5.74, 6) is -0.509. The monoisotopic (exact) mass is 411 g/mol. The molecule has 7 nitrogen and oxygen atoms in total. The standard InChI is InChI=1S/C22H26FN5O2/c1-13-5-6-18(23)17-10-19(26-20(13)17)21(29)25-14-3-2-4-15(9-14)27-7-8-28-16(12-27)11-24-22(28)30/h5-6,10-11,14-15,26H,2-4,7-9,12H2,1H3,(H,24,30)(H,25,29)/t14-,15+/m1/s1. The first-order valence-corrected chi connectivity index (χ1v) is 10.6. The number of imidazole rings is 1. The maximum Gasteiger partial charge on any atom is 0.325 e. The molecule has 2 atom stereocenters. The molecule has 1 aliphatic carbocycles. The van der Waals surface area contributed by atoms with E-state index >= 15 is 0 Å². The fraction of sp³-hybridized carbons (Fsp3) is 0.455. The van der Waals surface area contributed by atoms with E-state index in [0.29, 0.717) is 29.2 Å². The van der Waals surface area contributed by atoms with E-state index in [4.69, 9.17) is 0 Å². The first-order chi connectivity index (χ1) is 14.5. The molecule has 0 bridgehead atoms. The summed E-state index contributed by atoms with van der Waals surface area (Å²) in [6.45, 7) is 4.20. The Hall–Kier alpha value is -2.87. The van der Waals surface area contributed by atoms with E-state index < -0.39 is 0 Å². The van der Waals surface area contributed by atoms with Crippen molar-refractivity contribution in [3.8, 4) is 0 Å². The van der Waals surface area contributed by atoms with E-state index in [-0.39, 0.29) is 23.5 Å². The molecule has 3 heterocycles. The van der Waals surface area contributed by atoms with E-state index in [1.807, 2.05) is 6.92 Å². The van der Waals surface area contributed by atoms with Crippen LogP contribution in [0.2, 0.25) is 0 Å². The molecule has 1 aliphatic heterocycles. The fourth-order valence-corrected chi connectivity index (χ4v) is 4.97. The molecule has 3 N–H and O–H groups in total. The molecule has 0 radical (unpaired) electrons. The molecule has 2 aromatic heterocycles. The van der Waals surface area contributed by atoms with Gasteiger partial charge in [0.2, 0.25) is 0 Å². The number of carbonyl (C=O) groups is 1. The predicted molar refractivity (Wildman–Crippen MR) is 112 cm³/mol. The zero-order chi connectivity index (χ0) is 20.8. The highest BCUT2D eigenvalue weighted by molar-refractivity contribution is 5.99. The van der Waals surface area contributed by atoms with Crippen molar-refractivity contribution in [3.05, 3.63) is 57.6 Å². The lowest BCUT2D eigenvalue weighted by Crippen LogP contribution is -2.48. The molecule has 1 fully saturated rings. The third-order valence-corrected chi connectivity index (χ3v) is 6.62. The second-order valence-electron chi connectivity index (χ2n) is 8.53. The Balaban J connectivity index is 1.27. The summed E-state index contributed by atoms with van der Waals surface area (Å²) in [4.78, 5) is 32.9. The average Bonchev–Trinajstić information content (AvgIpc) is 3.36. The van der Waals surface area contributed by atoms with Gasteiger partial charge in [-0.15, -0.1) is 0 Å². The molecule has 8 heteroatoms. The van der Waals surface area contributed by atoms with Crippen LogP contribution in [-0.2, 0) is 13.1 Å².